The summed E-state index contributed by atoms with van der Waals surface area (Å²) in [7, 11) is 0. The highest BCUT2D eigenvalue weighted by Crippen LogP contribution is 2.12. The Bertz CT molecular complexity index is 385. The summed E-state index contributed by atoms with van der Waals surface area (Å²) in [6.07, 6.45) is 3.82. The molecular weight excluding hydrogens is 220 g/mol. The van der Waals surface area contributed by atoms with Crippen LogP contribution in [0.25, 0.3) is 0 Å². The number of carbonyl (C=O) groups is 1. The first-order valence-corrected chi connectivity index (χ1v) is 6.06. The third kappa shape index (κ3) is 2.82. The molecule has 0 bridgehead atoms. The standard InChI is InChI=1S/C11H18N4O2/c1-2-10(16)9-7-15(13-12-9)8-11(17)14-5-3-4-6-14/h7,10,16H,2-6,8H2,1H3. The van der Waals surface area contributed by atoms with Crippen LogP contribution in [0.15, 0.2) is 6.20 Å². The molecule has 2 rings (SSSR count). The molecule has 1 aliphatic heterocycles. The number of aliphatic hydroxyl groups excluding tert-OH is 1. The minimum absolute atomic E-state index is 0.0740. The molecule has 17 heavy (non-hydrogen) atoms. The molecule has 1 unspecified atom stereocenters. The van der Waals surface area contributed by atoms with Gasteiger partial charge >= 0.3 is 0 Å². The second-order valence-electron chi connectivity index (χ2n) is 4.35. The zero-order chi connectivity index (χ0) is 12.3. The van der Waals surface area contributed by atoms with Crippen LogP contribution in [-0.2, 0) is 11.3 Å². The summed E-state index contributed by atoms with van der Waals surface area (Å²) in [5, 5.41) is 17.3. The van der Waals surface area contributed by atoms with Crippen molar-refractivity contribution in [2.24, 2.45) is 0 Å². The number of nitrogens with zero attached hydrogens (tertiary/aromatic N) is 4. The molecule has 0 aromatic carbocycles. The van der Waals surface area contributed by atoms with Gasteiger partial charge in [-0.25, -0.2) is 4.68 Å². The molecule has 1 fully saturated rings. The van der Waals surface area contributed by atoms with E-state index in [1.807, 2.05) is 11.8 Å². The Morgan fingerprint density at radius 2 is 2.24 bits per heavy atom. The largest absolute Gasteiger partial charge is 0.387 e. The average Bonchev–Trinajstić information content (AvgIpc) is 2.98. The quantitative estimate of drug-likeness (QED) is 0.821. The zero-order valence-corrected chi connectivity index (χ0v) is 10.0. The van der Waals surface area contributed by atoms with Crippen LogP contribution in [0.3, 0.4) is 0 Å². The molecule has 0 aliphatic carbocycles. The van der Waals surface area contributed by atoms with E-state index in [4.69, 9.17) is 0 Å². The number of hydrogen-bond acceptors (Lipinski definition) is 4. The summed E-state index contributed by atoms with van der Waals surface area (Å²) in [4.78, 5) is 13.7. The molecule has 1 aromatic heterocycles. The van der Waals surface area contributed by atoms with Gasteiger partial charge in [-0.3, -0.25) is 4.79 Å². The molecule has 1 amide bonds. The highest BCUT2D eigenvalue weighted by atomic mass is 16.3. The van der Waals surface area contributed by atoms with Gasteiger partial charge in [0.15, 0.2) is 0 Å². The molecule has 1 aliphatic rings. The van der Waals surface area contributed by atoms with Crippen molar-refractivity contribution in [2.75, 3.05) is 13.1 Å². The minimum atomic E-state index is -0.592. The third-order valence-electron chi connectivity index (χ3n) is 3.04. The number of aromatic nitrogens is 3. The van der Waals surface area contributed by atoms with Gasteiger partial charge in [0, 0.05) is 13.1 Å². The summed E-state index contributed by atoms with van der Waals surface area (Å²) in [5.74, 6) is 0.0740. The Morgan fingerprint density at radius 3 is 2.88 bits per heavy atom. The van der Waals surface area contributed by atoms with Crippen molar-refractivity contribution < 1.29 is 9.90 Å². The maximum absolute atomic E-state index is 11.8. The summed E-state index contributed by atoms with van der Waals surface area (Å²) in [6, 6.07) is 0. The lowest BCUT2D eigenvalue weighted by molar-refractivity contribution is -0.130. The molecule has 0 radical (unpaired) electrons. The fraction of sp³-hybridized carbons (Fsp3) is 0.727. The van der Waals surface area contributed by atoms with Gasteiger partial charge in [-0.1, -0.05) is 12.1 Å². The van der Waals surface area contributed by atoms with E-state index in [1.165, 1.54) is 4.68 Å². The fourth-order valence-corrected chi connectivity index (χ4v) is 1.96. The molecule has 1 atom stereocenters. The second kappa shape index (κ2) is 5.27. The van der Waals surface area contributed by atoms with Crippen molar-refractivity contribution in [1.82, 2.24) is 19.9 Å². The van der Waals surface area contributed by atoms with E-state index in [-0.39, 0.29) is 12.5 Å². The van der Waals surface area contributed by atoms with E-state index in [9.17, 15) is 9.90 Å². The van der Waals surface area contributed by atoms with E-state index < -0.39 is 6.10 Å². The molecule has 2 heterocycles. The van der Waals surface area contributed by atoms with E-state index in [2.05, 4.69) is 10.3 Å². The number of hydrogen-bond donors (Lipinski definition) is 1. The van der Waals surface area contributed by atoms with Gasteiger partial charge in [-0.15, -0.1) is 5.10 Å². The SMILES string of the molecule is CCC(O)c1cn(CC(=O)N2CCCC2)nn1. The fourth-order valence-electron chi connectivity index (χ4n) is 1.96. The lowest BCUT2D eigenvalue weighted by atomic mass is 10.2. The van der Waals surface area contributed by atoms with Crippen molar-refractivity contribution in [3.05, 3.63) is 11.9 Å². The van der Waals surface area contributed by atoms with Crippen molar-refractivity contribution in [2.45, 2.75) is 38.8 Å². The Balaban J connectivity index is 1.94. The first kappa shape index (κ1) is 12.0. The van der Waals surface area contributed by atoms with Crippen LogP contribution in [0.1, 0.15) is 38.0 Å². The zero-order valence-electron chi connectivity index (χ0n) is 10.0. The molecule has 6 nitrogen and oxygen atoms in total. The van der Waals surface area contributed by atoms with Crippen LogP contribution in [-0.4, -0.2) is 44.0 Å². The predicted molar refractivity (Wildman–Crippen MR) is 61.1 cm³/mol. The lowest BCUT2D eigenvalue weighted by Crippen LogP contribution is -2.31. The molecule has 6 heteroatoms. The van der Waals surface area contributed by atoms with Crippen molar-refractivity contribution in [3.63, 3.8) is 0 Å². The van der Waals surface area contributed by atoms with Crippen LogP contribution in [0, 0.1) is 0 Å². The van der Waals surface area contributed by atoms with Crippen LogP contribution in [0.5, 0.6) is 0 Å². The van der Waals surface area contributed by atoms with Gasteiger partial charge in [0.1, 0.15) is 12.2 Å². The van der Waals surface area contributed by atoms with Crippen LogP contribution in [0.2, 0.25) is 0 Å². The Kier molecular flexibility index (Phi) is 3.73. The van der Waals surface area contributed by atoms with Crippen molar-refractivity contribution in [3.8, 4) is 0 Å². The minimum Gasteiger partial charge on any atom is -0.387 e. The monoisotopic (exact) mass is 238 g/mol. The number of rotatable bonds is 4. The van der Waals surface area contributed by atoms with Crippen LogP contribution >= 0.6 is 0 Å². The molecule has 1 N–H and O–H groups in total. The second-order valence-corrected chi connectivity index (χ2v) is 4.35. The van der Waals surface area contributed by atoms with Gasteiger partial charge in [-0.2, -0.15) is 0 Å². The number of aliphatic hydroxyl groups is 1. The van der Waals surface area contributed by atoms with Crippen molar-refractivity contribution >= 4 is 5.91 Å². The Labute approximate surface area is 100 Å². The maximum Gasteiger partial charge on any atom is 0.244 e. The van der Waals surface area contributed by atoms with E-state index in [0.717, 1.165) is 25.9 Å². The van der Waals surface area contributed by atoms with E-state index >= 15 is 0 Å². The summed E-state index contributed by atoms with van der Waals surface area (Å²) < 4.78 is 1.49. The number of carbonyl (C=O) groups excluding carboxylic acids is 1. The Morgan fingerprint density at radius 1 is 1.53 bits per heavy atom. The van der Waals surface area contributed by atoms with Gasteiger partial charge in [-0.05, 0) is 19.3 Å². The predicted octanol–water partition coefficient (Wildman–Crippen LogP) is 0.344. The van der Waals surface area contributed by atoms with Crippen molar-refractivity contribution in [1.29, 1.82) is 0 Å². The summed E-state index contributed by atoms with van der Waals surface area (Å²) in [6.45, 7) is 3.78. The Hall–Kier alpha value is -1.43. The summed E-state index contributed by atoms with van der Waals surface area (Å²) >= 11 is 0. The molecule has 1 aromatic rings. The lowest BCUT2D eigenvalue weighted by Gasteiger charge is -2.14. The normalized spacial score (nSPS) is 17.4. The molecular formula is C11H18N4O2. The third-order valence-corrected chi connectivity index (χ3v) is 3.04. The molecule has 94 valence electrons. The van der Waals surface area contributed by atoms with Crippen LogP contribution < -0.4 is 0 Å². The topological polar surface area (TPSA) is 71.2 Å². The first-order chi connectivity index (χ1) is 8.20. The average molecular weight is 238 g/mol. The van der Waals surface area contributed by atoms with Gasteiger partial charge < -0.3 is 10.0 Å². The highest BCUT2D eigenvalue weighted by Gasteiger charge is 2.19. The summed E-state index contributed by atoms with van der Waals surface area (Å²) in [5.41, 5.74) is 0.529. The van der Waals surface area contributed by atoms with E-state index in [1.54, 1.807) is 6.20 Å². The van der Waals surface area contributed by atoms with Gasteiger partial charge in [0.25, 0.3) is 0 Å². The molecule has 0 spiro atoms. The van der Waals surface area contributed by atoms with Crippen LogP contribution in [0.4, 0.5) is 0 Å². The molecule has 0 saturated carbocycles. The first-order valence-electron chi connectivity index (χ1n) is 6.06. The molecule has 1 saturated heterocycles. The van der Waals surface area contributed by atoms with Gasteiger partial charge in [0.05, 0.1) is 12.3 Å². The number of likely N-dealkylation sites (tertiary alicyclic amines) is 1. The van der Waals surface area contributed by atoms with Gasteiger partial charge in [0.2, 0.25) is 5.91 Å². The number of amides is 1. The van der Waals surface area contributed by atoms with E-state index in [0.29, 0.717) is 12.1 Å². The maximum atomic E-state index is 11.8. The smallest absolute Gasteiger partial charge is 0.244 e. The highest BCUT2D eigenvalue weighted by molar-refractivity contribution is 5.76.